The molecule has 7 heteroatoms. The molecule has 3 aromatic rings. The number of furan rings is 1. The number of carbonyl (C=O) groups is 2. The second kappa shape index (κ2) is 8.94. The highest BCUT2D eigenvalue weighted by Crippen LogP contribution is 2.34. The van der Waals surface area contributed by atoms with Gasteiger partial charge in [-0.25, -0.2) is 0 Å². The smallest absolute Gasteiger partial charge is 0.258 e. The summed E-state index contributed by atoms with van der Waals surface area (Å²) in [5.74, 6) is 2.32. The summed E-state index contributed by atoms with van der Waals surface area (Å²) < 4.78 is 17.4. The van der Waals surface area contributed by atoms with Crippen LogP contribution in [0.4, 0.5) is 5.69 Å². The average Bonchev–Trinajstić information content (AvgIpc) is 3.18. The van der Waals surface area contributed by atoms with E-state index in [0.29, 0.717) is 31.7 Å². The molecule has 1 aromatic heterocycles. The number of hydrogen-bond donors (Lipinski definition) is 2. The van der Waals surface area contributed by atoms with Gasteiger partial charge in [0.1, 0.15) is 29.4 Å². The van der Waals surface area contributed by atoms with Crippen LogP contribution < -0.4 is 20.1 Å². The van der Waals surface area contributed by atoms with E-state index in [1.165, 1.54) is 18.4 Å². The van der Waals surface area contributed by atoms with Crippen LogP contribution in [0.5, 0.6) is 11.5 Å². The number of rotatable bonds is 7. The lowest BCUT2D eigenvalue weighted by Crippen LogP contribution is -2.32. The minimum atomic E-state index is -0.198. The van der Waals surface area contributed by atoms with E-state index in [1.807, 2.05) is 36.4 Å². The van der Waals surface area contributed by atoms with E-state index in [9.17, 15) is 9.59 Å². The van der Waals surface area contributed by atoms with Crippen LogP contribution in [0.1, 0.15) is 36.1 Å². The van der Waals surface area contributed by atoms with Crippen molar-refractivity contribution in [2.75, 3.05) is 25.1 Å². The lowest BCUT2D eigenvalue weighted by atomic mass is 9.96. The van der Waals surface area contributed by atoms with Gasteiger partial charge in [0.05, 0.1) is 6.54 Å². The second-order valence-electron chi connectivity index (χ2n) is 8.22. The summed E-state index contributed by atoms with van der Waals surface area (Å²) >= 11 is 0. The molecule has 7 nitrogen and oxygen atoms in total. The number of ether oxygens (including phenoxy) is 2. The third kappa shape index (κ3) is 4.42. The number of benzene rings is 2. The van der Waals surface area contributed by atoms with Crippen LogP contribution in [0, 0.1) is 0 Å². The third-order valence-corrected chi connectivity index (χ3v) is 5.96. The average molecular weight is 434 g/mol. The van der Waals surface area contributed by atoms with E-state index in [2.05, 4.69) is 10.6 Å². The lowest BCUT2D eigenvalue weighted by Gasteiger charge is -2.17. The molecule has 2 amide bonds. The van der Waals surface area contributed by atoms with Crippen molar-refractivity contribution in [3.05, 3.63) is 53.3 Å². The van der Waals surface area contributed by atoms with E-state index < -0.39 is 0 Å². The number of anilines is 1. The predicted octanol–water partition coefficient (Wildman–Crippen LogP) is 3.77. The molecule has 1 aliphatic heterocycles. The van der Waals surface area contributed by atoms with Crippen molar-refractivity contribution < 1.29 is 23.5 Å². The van der Waals surface area contributed by atoms with Crippen molar-refractivity contribution in [1.82, 2.24) is 5.32 Å². The topological polar surface area (TPSA) is 89.8 Å². The summed E-state index contributed by atoms with van der Waals surface area (Å²) in [6.07, 6.45) is 5.57. The van der Waals surface area contributed by atoms with Crippen LogP contribution in [0.3, 0.4) is 0 Å². The van der Waals surface area contributed by atoms with E-state index in [-0.39, 0.29) is 18.4 Å². The fraction of sp³-hybridized carbons (Fsp3) is 0.360. The highest BCUT2D eigenvalue weighted by molar-refractivity contribution is 5.94. The summed E-state index contributed by atoms with van der Waals surface area (Å²) in [7, 11) is 0. The Bertz CT molecular complexity index is 1170. The van der Waals surface area contributed by atoms with Crippen LogP contribution in [0.2, 0.25) is 0 Å². The molecule has 166 valence electrons. The highest BCUT2D eigenvalue weighted by atomic mass is 16.5. The van der Waals surface area contributed by atoms with Crippen LogP contribution >= 0.6 is 0 Å². The Hall–Kier alpha value is -3.48. The van der Waals surface area contributed by atoms with Gasteiger partial charge in [-0.05, 0) is 67.6 Å². The van der Waals surface area contributed by atoms with E-state index in [1.54, 1.807) is 0 Å². The molecule has 5 rings (SSSR count). The molecule has 1 aliphatic carbocycles. The molecule has 0 saturated heterocycles. The van der Waals surface area contributed by atoms with Crippen LogP contribution in [0.15, 0.2) is 40.8 Å². The van der Waals surface area contributed by atoms with Crippen molar-refractivity contribution in [2.45, 2.75) is 38.5 Å². The van der Waals surface area contributed by atoms with Crippen molar-refractivity contribution >= 4 is 28.5 Å². The number of amides is 2. The van der Waals surface area contributed by atoms with Crippen molar-refractivity contribution in [2.24, 2.45) is 0 Å². The van der Waals surface area contributed by atoms with Gasteiger partial charge in [0, 0.05) is 29.5 Å². The van der Waals surface area contributed by atoms with Gasteiger partial charge in [-0.3, -0.25) is 9.59 Å². The Morgan fingerprint density at radius 3 is 2.78 bits per heavy atom. The van der Waals surface area contributed by atoms with Gasteiger partial charge >= 0.3 is 0 Å². The van der Waals surface area contributed by atoms with Gasteiger partial charge in [0.25, 0.3) is 5.91 Å². The minimum absolute atomic E-state index is 0.0418. The van der Waals surface area contributed by atoms with Crippen LogP contribution in [0.25, 0.3) is 11.0 Å². The number of fused-ring (bicyclic) bond motifs is 4. The Kier molecular flexibility index (Phi) is 5.71. The first-order valence-corrected chi connectivity index (χ1v) is 11.1. The molecule has 0 saturated carbocycles. The molecule has 32 heavy (non-hydrogen) atoms. The SMILES string of the molecule is O=C(COc1ccc2oc3c(c2c1)CCCC3)NCCOc1ccc2c(c1)CCC(=O)N2. The van der Waals surface area contributed by atoms with E-state index in [0.717, 1.165) is 46.6 Å². The summed E-state index contributed by atoms with van der Waals surface area (Å²) in [6, 6.07) is 11.3. The van der Waals surface area contributed by atoms with Crippen LogP contribution in [-0.2, 0) is 28.9 Å². The number of carbonyl (C=O) groups excluding carboxylic acids is 2. The summed E-state index contributed by atoms with van der Waals surface area (Å²) in [4.78, 5) is 23.6. The minimum Gasteiger partial charge on any atom is -0.492 e. The Balaban J connectivity index is 1.08. The maximum Gasteiger partial charge on any atom is 0.258 e. The third-order valence-electron chi connectivity index (χ3n) is 5.96. The first kappa shape index (κ1) is 20.4. The van der Waals surface area contributed by atoms with Gasteiger partial charge in [-0.15, -0.1) is 0 Å². The molecule has 0 bridgehead atoms. The highest BCUT2D eigenvalue weighted by Gasteiger charge is 2.18. The molecule has 0 unspecified atom stereocenters. The van der Waals surface area contributed by atoms with E-state index in [4.69, 9.17) is 13.9 Å². The van der Waals surface area contributed by atoms with Gasteiger partial charge < -0.3 is 24.5 Å². The van der Waals surface area contributed by atoms with Gasteiger partial charge in [-0.1, -0.05) is 0 Å². The summed E-state index contributed by atoms with van der Waals surface area (Å²) in [6.45, 7) is 0.679. The molecule has 0 radical (unpaired) electrons. The first-order chi connectivity index (χ1) is 15.7. The quantitative estimate of drug-likeness (QED) is 0.553. The molecule has 2 heterocycles. The van der Waals surface area contributed by atoms with Crippen molar-refractivity contribution in [3.63, 3.8) is 0 Å². The number of nitrogens with one attached hydrogen (secondary N) is 2. The molecule has 0 fully saturated rings. The molecular formula is C25H26N2O5. The predicted molar refractivity (Wildman–Crippen MR) is 120 cm³/mol. The van der Waals surface area contributed by atoms with Crippen LogP contribution in [-0.4, -0.2) is 31.6 Å². The Labute approximate surface area is 186 Å². The van der Waals surface area contributed by atoms with Crippen molar-refractivity contribution in [3.8, 4) is 11.5 Å². The van der Waals surface area contributed by atoms with Gasteiger partial charge in [0.15, 0.2) is 6.61 Å². The Morgan fingerprint density at radius 2 is 1.84 bits per heavy atom. The van der Waals surface area contributed by atoms with E-state index >= 15 is 0 Å². The Morgan fingerprint density at radius 1 is 1.00 bits per heavy atom. The molecular weight excluding hydrogens is 408 g/mol. The molecule has 0 spiro atoms. The first-order valence-electron chi connectivity index (χ1n) is 11.1. The molecule has 2 N–H and O–H groups in total. The molecule has 0 atom stereocenters. The van der Waals surface area contributed by atoms with Gasteiger partial charge in [-0.2, -0.15) is 0 Å². The normalized spacial score (nSPS) is 14.9. The maximum absolute atomic E-state index is 12.1. The zero-order valence-electron chi connectivity index (χ0n) is 17.9. The number of hydrogen-bond acceptors (Lipinski definition) is 5. The lowest BCUT2D eigenvalue weighted by molar-refractivity contribution is -0.123. The van der Waals surface area contributed by atoms with Crippen molar-refractivity contribution in [1.29, 1.82) is 0 Å². The van der Waals surface area contributed by atoms with Gasteiger partial charge in [0.2, 0.25) is 5.91 Å². The fourth-order valence-corrected chi connectivity index (χ4v) is 4.34. The largest absolute Gasteiger partial charge is 0.492 e. The number of aryl methyl sites for hydroxylation is 3. The molecule has 2 aromatic carbocycles. The fourth-order valence-electron chi connectivity index (χ4n) is 4.34. The molecule has 2 aliphatic rings. The zero-order valence-corrected chi connectivity index (χ0v) is 17.9. The summed E-state index contributed by atoms with van der Waals surface area (Å²) in [5.41, 5.74) is 4.07. The second-order valence-corrected chi connectivity index (χ2v) is 8.22. The standard InChI is InChI=1S/C25H26N2O5/c28-24-10-5-16-13-17(6-8-21(16)27-24)30-12-11-26-25(29)15-31-18-7-9-23-20(14-18)19-3-1-2-4-22(19)32-23/h6-9,13-14H,1-5,10-12,15H2,(H,26,29)(H,27,28). The zero-order chi connectivity index (χ0) is 21.9. The summed E-state index contributed by atoms with van der Waals surface area (Å²) in [5, 5.41) is 6.75. The maximum atomic E-state index is 12.1. The monoisotopic (exact) mass is 434 g/mol.